The maximum Gasteiger partial charge on any atom is 0.239 e. The first-order chi connectivity index (χ1) is 6.52. The SMILES string of the molecule is CC(C)C/N=C1\SCC(=O)N1C(C)C. The number of rotatable bonds is 3. The van der Waals surface area contributed by atoms with Gasteiger partial charge in [0.15, 0.2) is 5.17 Å². The molecule has 1 saturated heterocycles. The number of amidine groups is 1. The molecule has 1 aliphatic rings. The van der Waals surface area contributed by atoms with Gasteiger partial charge in [-0.05, 0) is 19.8 Å². The Bertz CT molecular complexity index is 249. The van der Waals surface area contributed by atoms with Crippen molar-refractivity contribution in [2.24, 2.45) is 10.9 Å². The number of carbonyl (C=O) groups is 1. The standard InChI is InChI=1S/C10H18N2OS/c1-7(2)5-11-10-12(8(3)4)9(13)6-14-10/h7-8H,5-6H2,1-4H3/b11-10-. The lowest BCUT2D eigenvalue weighted by Gasteiger charge is -2.20. The highest BCUT2D eigenvalue weighted by Crippen LogP contribution is 2.21. The van der Waals surface area contributed by atoms with Crippen LogP contribution >= 0.6 is 11.8 Å². The van der Waals surface area contributed by atoms with Crippen LogP contribution in [0.5, 0.6) is 0 Å². The molecule has 1 fully saturated rings. The van der Waals surface area contributed by atoms with E-state index >= 15 is 0 Å². The molecular weight excluding hydrogens is 196 g/mol. The molecule has 3 nitrogen and oxygen atoms in total. The summed E-state index contributed by atoms with van der Waals surface area (Å²) in [7, 11) is 0. The van der Waals surface area contributed by atoms with Crippen molar-refractivity contribution in [1.29, 1.82) is 0 Å². The maximum atomic E-state index is 11.5. The van der Waals surface area contributed by atoms with Gasteiger partial charge in [-0.1, -0.05) is 25.6 Å². The molecule has 14 heavy (non-hydrogen) atoms. The highest BCUT2D eigenvalue weighted by Gasteiger charge is 2.29. The minimum absolute atomic E-state index is 0.188. The Morgan fingerprint density at radius 3 is 2.57 bits per heavy atom. The van der Waals surface area contributed by atoms with Gasteiger partial charge in [0.2, 0.25) is 5.91 Å². The second-order valence-electron chi connectivity index (χ2n) is 4.16. The minimum Gasteiger partial charge on any atom is -0.288 e. The Balaban J connectivity index is 2.69. The van der Waals surface area contributed by atoms with Gasteiger partial charge in [0.25, 0.3) is 0 Å². The quantitative estimate of drug-likeness (QED) is 0.719. The summed E-state index contributed by atoms with van der Waals surface area (Å²) in [5.41, 5.74) is 0. The summed E-state index contributed by atoms with van der Waals surface area (Å²) in [6.07, 6.45) is 0. The van der Waals surface area contributed by atoms with E-state index < -0.39 is 0 Å². The summed E-state index contributed by atoms with van der Waals surface area (Å²) in [4.78, 5) is 17.8. The fourth-order valence-corrected chi connectivity index (χ4v) is 2.27. The second-order valence-corrected chi connectivity index (χ2v) is 5.11. The molecule has 1 aliphatic heterocycles. The van der Waals surface area contributed by atoms with Crippen molar-refractivity contribution < 1.29 is 4.79 Å². The van der Waals surface area contributed by atoms with Crippen LogP contribution < -0.4 is 0 Å². The zero-order chi connectivity index (χ0) is 10.7. The first kappa shape index (κ1) is 11.6. The van der Waals surface area contributed by atoms with Crippen LogP contribution in [-0.4, -0.2) is 34.3 Å². The van der Waals surface area contributed by atoms with Crippen molar-refractivity contribution >= 4 is 22.8 Å². The van der Waals surface area contributed by atoms with E-state index in [9.17, 15) is 4.79 Å². The van der Waals surface area contributed by atoms with Gasteiger partial charge < -0.3 is 0 Å². The third-order valence-corrected chi connectivity index (χ3v) is 2.88. The number of thioether (sulfide) groups is 1. The third-order valence-electron chi connectivity index (χ3n) is 1.91. The molecule has 0 N–H and O–H groups in total. The highest BCUT2D eigenvalue weighted by atomic mass is 32.2. The molecule has 0 aromatic heterocycles. The molecular formula is C10H18N2OS. The molecule has 0 radical (unpaired) electrons. The fraction of sp³-hybridized carbons (Fsp3) is 0.800. The largest absolute Gasteiger partial charge is 0.288 e. The van der Waals surface area contributed by atoms with E-state index in [4.69, 9.17) is 0 Å². The van der Waals surface area contributed by atoms with Gasteiger partial charge in [-0.2, -0.15) is 0 Å². The average molecular weight is 214 g/mol. The van der Waals surface area contributed by atoms with Crippen molar-refractivity contribution in [3.05, 3.63) is 0 Å². The molecule has 80 valence electrons. The molecule has 1 amide bonds. The smallest absolute Gasteiger partial charge is 0.239 e. The second kappa shape index (κ2) is 4.82. The van der Waals surface area contributed by atoms with Gasteiger partial charge in [-0.15, -0.1) is 0 Å². The zero-order valence-corrected chi connectivity index (χ0v) is 10.1. The summed E-state index contributed by atoms with van der Waals surface area (Å²) >= 11 is 1.56. The minimum atomic E-state index is 0.188. The maximum absolute atomic E-state index is 11.5. The molecule has 0 aromatic rings. The lowest BCUT2D eigenvalue weighted by molar-refractivity contribution is -0.125. The summed E-state index contributed by atoms with van der Waals surface area (Å²) in [6, 6.07) is 0.225. The van der Waals surface area contributed by atoms with E-state index in [1.165, 1.54) is 0 Å². The highest BCUT2D eigenvalue weighted by molar-refractivity contribution is 8.15. The Hall–Kier alpha value is -0.510. The summed E-state index contributed by atoms with van der Waals surface area (Å²) in [5.74, 6) is 1.29. The van der Waals surface area contributed by atoms with Crippen molar-refractivity contribution in [2.75, 3.05) is 12.3 Å². The average Bonchev–Trinajstić information content (AvgIpc) is 2.43. The van der Waals surface area contributed by atoms with Crippen LogP contribution in [0.3, 0.4) is 0 Å². The van der Waals surface area contributed by atoms with Gasteiger partial charge in [0.1, 0.15) is 0 Å². The molecule has 0 spiro atoms. The van der Waals surface area contributed by atoms with Crippen LogP contribution in [0.1, 0.15) is 27.7 Å². The van der Waals surface area contributed by atoms with Gasteiger partial charge in [-0.3, -0.25) is 14.7 Å². The van der Waals surface area contributed by atoms with Gasteiger partial charge >= 0.3 is 0 Å². The first-order valence-corrected chi connectivity index (χ1v) is 6.00. The molecule has 0 atom stereocenters. The molecule has 4 heteroatoms. The Morgan fingerprint density at radius 1 is 1.43 bits per heavy atom. The van der Waals surface area contributed by atoms with E-state index in [2.05, 4.69) is 18.8 Å². The summed E-state index contributed by atoms with van der Waals surface area (Å²) in [5, 5.41) is 0.902. The summed E-state index contributed by atoms with van der Waals surface area (Å²) in [6.45, 7) is 9.11. The molecule has 1 heterocycles. The Morgan fingerprint density at radius 2 is 2.07 bits per heavy atom. The van der Waals surface area contributed by atoms with E-state index in [1.807, 2.05) is 13.8 Å². The normalized spacial score (nSPS) is 20.6. The zero-order valence-electron chi connectivity index (χ0n) is 9.28. The van der Waals surface area contributed by atoms with Crippen molar-refractivity contribution in [3.63, 3.8) is 0 Å². The predicted molar refractivity (Wildman–Crippen MR) is 61.6 cm³/mol. The van der Waals surface area contributed by atoms with E-state index in [1.54, 1.807) is 16.7 Å². The molecule has 0 bridgehead atoms. The van der Waals surface area contributed by atoms with Crippen molar-refractivity contribution in [2.45, 2.75) is 33.7 Å². The Labute approximate surface area is 90.0 Å². The van der Waals surface area contributed by atoms with E-state index in [0.717, 1.165) is 11.7 Å². The topological polar surface area (TPSA) is 32.7 Å². The van der Waals surface area contributed by atoms with Crippen molar-refractivity contribution in [3.8, 4) is 0 Å². The Kier molecular flexibility index (Phi) is 3.98. The first-order valence-electron chi connectivity index (χ1n) is 5.01. The van der Waals surface area contributed by atoms with Gasteiger partial charge in [0, 0.05) is 12.6 Å². The number of hydrogen-bond donors (Lipinski definition) is 0. The lowest BCUT2D eigenvalue weighted by Crippen LogP contribution is -2.36. The predicted octanol–water partition coefficient (Wildman–Crippen LogP) is 1.98. The third kappa shape index (κ3) is 2.74. The molecule has 0 aromatic carbocycles. The van der Waals surface area contributed by atoms with Crippen LogP contribution in [0, 0.1) is 5.92 Å². The number of amides is 1. The van der Waals surface area contributed by atoms with Crippen LogP contribution in [0.15, 0.2) is 4.99 Å². The lowest BCUT2D eigenvalue weighted by atomic mass is 10.2. The fourth-order valence-electron chi connectivity index (χ4n) is 1.26. The summed E-state index contributed by atoms with van der Waals surface area (Å²) < 4.78 is 0. The monoisotopic (exact) mass is 214 g/mol. The molecule has 0 saturated carbocycles. The van der Waals surface area contributed by atoms with Crippen LogP contribution in [0.2, 0.25) is 0 Å². The van der Waals surface area contributed by atoms with Crippen LogP contribution in [-0.2, 0) is 4.79 Å². The number of nitrogens with zero attached hydrogens (tertiary/aromatic N) is 2. The molecule has 1 rings (SSSR count). The van der Waals surface area contributed by atoms with Gasteiger partial charge in [0.05, 0.1) is 5.75 Å². The number of hydrogen-bond acceptors (Lipinski definition) is 3. The molecule has 0 aliphatic carbocycles. The van der Waals surface area contributed by atoms with Crippen LogP contribution in [0.25, 0.3) is 0 Å². The molecule has 0 unspecified atom stereocenters. The van der Waals surface area contributed by atoms with E-state index in [-0.39, 0.29) is 11.9 Å². The number of carbonyl (C=O) groups excluding carboxylic acids is 1. The van der Waals surface area contributed by atoms with Crippen LogP contribution in [0.4, 0.5) is 0 Å². The van der Waals surface area contributed by atoms with Crippen molar-refractivity contribution in [1.82, 2.24) is 4.90 Å². The number of aliphatic imine (C=N–C) groups is 1. The van der Waals surface area contributed by atoms with E-state index in [0.29, 0.717) is 11.7 Å². The van der Waals surface area contributed by atoms with Gasteiger partial charge in [-0.25, -0.2) is 0 Å².